The normalized spacial score (nSPS) is 13.4. The fourth-order valence-electron chi connectivity index (χ4n) is 8.10. The fourth-order valence-corrected chi connectivity index (χ4v) is 8.10. The zero-order valence-corrected chi connectivity index (χ0v) is 44.8. The van der Waals surface area contributed by atoms with Gasteiger partial charge < -0.3 is 28.6 Å². The molecule has 2 unspecified atom stereocenters. The van der Waals surface area contributed by atoms with E-state index in [9.17, 15) is 19.5 Å². The zero-order chi connectivity index (χ0) is 49.9. The average molecular weight is 952 g/mol. The van der Waals surface area contributed by atoms with Crippen LogP contribution in [0.15, 0.2) is 72.9 Å². The summed E-state index contributed by atoms with van der Waals surface area (Å²) < 4.78 is 17.3. The molecule has 0 spiro atoms. The summed E-state index contributed by atoms with van der Waals surface area (Å²) in [7, 11) is 5.42. The topological polar surface area (TPSA) is 102 Å². The number of hydrogen-bond acceptors (Lipinski definition) is 7. The Labute approximate surface area is 419 Å². The van der Waals surface area contributed by atoms with Crippen LogP contribution < -0.4 is 5.11 Å². The first-order valence-corrected chi connectivity index (χ1v) is 28.0. The lowest BCUT2D eigenvalue weighted by Gasteiger charge is -2.34. The second-order valence-electron chi connectivity index (χ2n) is 19.8. The lowest BCUT2D eigenvalue weighted by Crippen LogP contribution is -2.55. The second kappa shape index (κ2) is 50.2. The van der Waals surface area contributed by atoms with Gasteiger partial charge >= 0.3 is 11.9 Å². The molecule has 8 heteroatoms. The molecule has 0 N–H and O–H groups in total. The van der Waals surface area contributed by atoms with Crippen LogP contribution in [0, 0.1) is 0 Å². The first-order chi connectivity index (χ1) is 33.1. The highest BCUT2D eigenvalue weighted by atomic mass is 16.6. The Morgan fingerprint density at radius 2 is 0.779 bits per heavy atom. The van der Waals surface area contributed by atoms with E-state index in [1.807, 2.05) is 21.1 Å². The van der Waals surface area contributed by atoms with Gasteiger partial charge in [-0.1, -0.05) is 215 Å². The van der Waals surface area contributed by atoms with Gasteiger partial charge in [-0.05, 0) is 77.0 Å². The summed E-state index contributed by atoms with van der Waals surface area (Å²) in [6, 6.07) is -0.729. The predicted octanol–water partition coefficient (Wildman–Crippen LogP) is 15.3. The summed E-state index contributed by atoms with van der Waals surface area (Å²) in [5, 5.41) is 11.7. The molecule has 0 aromatic heterocycles. The van der Waals surface area contributed by atoms with Gasteiger partial charge in [0.1, 0.15) is 12.6 Å². The van der Waals surface area contributed by atoms with Crippen molar-refractivity contribution in [2.75, 3.05) is 41.0 Å². The van der Waals surface area contributed by atoms with Gasteiger partial charge in [0.25, 0.3) is 0 Å². The highest BCUT2D eigenvalue weighted by Gasteiger charge is 2.25. The fraction of sp³-hybridized carbons (Fsp3) is 0.750. The van der Waals surface area contributed by atoms with Crippen LogP contribution in [-0.4, -0.2) is 75.5 Å². The largest absolute Gasteiger partial charge is 0.544 e. The van der Waals surface area contributed by atoms with Gasteiger partial charge in [0.05, 0.1) is 40.3 Å². The number of allylic oxidation sites excluding steroid dienone is 12. The SMILES string of the molecule is CC/C=C/C/C=C/C/C=C/CCCCCCCCCCCCCCCC(=O)OCC(COCCC(C(=O)[O-])[N+](C)(C)C)OC(=O)CCCCCCCCCCCCC/C=C/C/C=C/C/C=C/CC. The molecule has 0 aliphatic carbocycles. The first-order valence-electron chi connectivity index (χ1n) is 28.0. The number of ether oxygens (including phenoxy) is 3. The lowest BCUT2D eigenvalue weighted by atomic mass is 10.0. The minimum absolute atomic E-state index is 0.0384. The molecule has 0 radical (unpaired) electrons. The Morgan fingerprint density at radius 3 is 1.15 bits per heavy atom. The number of carbonyl (C=O) groups is 3. The Bertz CT molecular complexity index is 1340. The van der Waals surface area contributed by atoms with Crippen LogP contribution in [-0.2, 0) is 28.6 Å². The zero-order valence-electron chi connectivity index (χ0n) is 44.8. The molecule has 0 saturated carbocycles. The van der Waals surface area contributed by atoms with E-state index in [2.05, 4.69) is 86.8 Å². The molecular weight excluding hydrogens is 847 g/mol. The smallest absolute Gasteiger partial charge is 0.306 e. The number of hydrogen-bond donors (Lipinski definition) is 0. The Morgan fingerprint density at radius 1 is 0.441 bits per heavy atom. The summed E-state index contributed by atoms with van der Waals surface area (Å²) in [6.07, 6.45) is 65.1. The number of likely N-dealkylation sites (N-methyl/N-ethyl adjacent to an activating group) is 1. The van der Waals surface area contributed by atoms with E-state index in [1.165, 1.54) is 128 Å². The third-order valence-electron chi connectivity index (χ3n) is 12.3. The number of rotatable bonds is 50. The van der Waals surface area contributed by atoms with Gasteiger partial charge in [-0.2, -0.15) is 0 Å². The quantitative estimate of drug-likeness (QED) is 0.0259. The average Bonchev–Trinajstić information content (AvgIpc) is 3.30. The molecular formula is C60H105NO7. The van der Waals surface area contributed by atoms with Crippen molar-refractivity contribution in [3.05, 3.63) is 72.9 Å². The number of aliphatic carboxylic acids is 1. The van der Waals surface area contributed by atoms with Gasteiger partial charge in [-0.25, -0.2) is 0 Å². The van der Waals surface area contributed by atoms with Gasteiger partial charge in [-0.3, -0.25) is 9.59 Å². The van der Waals surface area contributed by atoms with E-state index in [-0.39, 0.29) is 42.7 Å². The molecule has 2 atom stereocenters. The molecule has 0 aliphatic heterocycles. The van der Waals surface area contributed by atoms with E-state index < -0.39 is 18.1 Å². The van der Waals surface area contributed by atoms with Gasteiger partial charge in [-0.15, -0.1) is 0 Å². The monoisotopic (exact) mass is 952 g/mol. The minimum Gasteiger partial charge on any atom is -0.544 e. The molecule has 0 rings (SSSR count). The molecule has 0 heterocycles. The van der Waals surface area contributed by atoms with Crippen molar-refractivity contribution in [2.24, 2.45) is 0 Å². The number of carboxylic acids is 1. The Hall–Kier alpha value is -3.23. The summed E-state index contributed by atoms with van der Waals surface area (Å²) in [5.41, 5.74) is 0. The number of unbranched alkanes of at least 4 members (excludes halogenated alkanes) is 24. The first kappa shape index (κ1) is 64.8. The maximum Gasteiger partial charge on any atom is 0.306 e. The van der Waals surface area contributed by atoms with Crippen LogP contribution in [0.2, 0.25) is 0 Å². The molecule has 0 aromatic rings. The maximum atomic E-state index is 12.8. The van der Waals surface area contributed by atoms with E-state index in [4.69, 9.17) is 14.2 Å². The third-order valence-corrected chi connectivity index (χ3v) is 12.3. The van der Waals surface area contributed by atoms with Crippen LogP contribution in [0.25, 0.3) is 0 Å². The molecule has 68 heavy (non-hydrogen) atoms. The molecule has 0 bridgehead atoms. The highest BCUT2D eigenvalue weighted by Crippen LogP contribution is 2.16. The van der Waals surface area contributed by atoms with Gasteiger partial charge in [0.15, 0.2) is 6.10 Å². The van der Waals surface area contributed by atoms with Crippen molar-refractivity contribution in [3.8, 4) is 0 Å². The maximum absolute atomic E-state index is 12.8. The van der Waals surface area contributed by atoms with Crippen molar-refractivity contribution in [3.63, 3.8) is 0 Å². The highest BCUT2D eigenvalue weighted by molar-refractivity contribution is 5.70. The summed E-state index contributed by atoms with van der Waals surface area (Å²) >= 11 is 0. The molecule has 8 nitrogen and oxygen atoms in total. The number of quaternary nitrogens is 1. The summed E-state index contributed by atoms with van der Waals surface area (Å²) in [4.78, 5) is 37.2. The van der Waals surface area contributed by atoms with Crippen molar-refractivity contribution >= 4 is 17.9 Å². The van der Waals surface area contributed by atoms with E-state index >= 15 is 0 Å². The van der Waals surface area contributed by atoms with Crippen molar-refractivity contribution in [1.29, 1.82) is 0 Å². The van der Waals surface area contributed by atoms with Crippen molar-refractivity contribution in [1.82, 2.24) is 0 Å². The van der Waals surface area contributed by atoms with Gasteiger partial charge in [0.2, 0.25) is 0 Å². The lowest BCUT2D eigenvalue weighted by molar-refractivity contribution is -0.889. The second-order valence-corrected chi connectivity index (χ2v) is 19.8. The Kier molecular flexibility index (Phi) is 47.8. The predicted molar refractivity (Wildman–Crippen MR) is 286 cm³/mol. The minimum atomic E-state index is -1.12. The standard InChI is InChI=1S/C60H105NO7/c1-6-8-10-12-14-16-18-20-22-24-26-28-29-31-32-34-36-38-40-42-44-46-48-50-58(62)67-55-56(54-66-53-52-57(60(64)65)61(3,4)5)68-59(63)51-49-47-45-43-41-39-37-35-33-30-27-25-23-21-19-17-15-13-11-9-7-2/h8-11,14-17,20-23,56-57H,6-7,12-13,18-19,24-55H2,1-5H3/b10-8+,11-9+,16-14+,17-15+,22-20+,23-21+. The van der Waals surface area contributed by atoms with Crippen LogP contribution >= 0.6 is 0 Å². The molecule has 0 amide bonds. The molecule has 0 saturated heterocycles. The molecule has 0 fully saturated rings. The van der Waals surface area contributed by atoms with Gasteiger partial charge in [0, 0.05) is 19.3 Å². The van der Waals surface area contributed by atoms with Crippen LogP contribution in [0.1, 0.15) is 239 Å². The molecule has 0 aliphatic rings. The number of nitrogens with zero attached hydrogens (tertiary/aromatic N) is 1. The van der Waals surface area contributed by atoms with Crippen LogP contribution in [0.3, 0.4) is 0 Å². The van der Waals surface area contributed by atoms with Crippen molar-refractivity contribution < 1.29 is 38.2 Å². The van der Waals surface area contributed by atoms with Crippen molar-refractivity contribution in [2.45, 2.75) is 251 Å². The summed E-state index contributed by atoms with van der Waals surface area (Å²) in [5.74, 6) is -1.73. The Balaban J connectivity index is 4.17. The van der Waals surface area contributed by atoms with E-state index in [1.54, 1.807) is 0 Å². The number of carboxylic acid groups (broad SMARTS) is 1. The van der Waals surface area contributed by atoms with E-state index in [0.717, 1.165) is 77.0 Å². The number of esters is 2. The number of carbonyl (C=O) groups excluding carboxylic acids is 3. The summed E-state index contributed by atoms with van der Waals surface area (Å²) in [6.45, 7) is 4.47. The third kappa shape index (κ3) is 47.8. The van der Waals surface area contributed by atoms with Crippen LogP contribution in [0.4, 0.5) is 0 Å². The molecule has 0 aromatic carbocycles. The molecule has 392 valence electrons. The van der Waals surface area contributed by atoms with Crippen LogP contribution in [0.5, 0.6) is 0 Å². The van der Waals surface area contributed by atoms with E-state index in [0.29, 0.717) is 12.8 Å².